The monoisotopic (exact) mass is 836 g/mol. The van der Waals surface area contributed by atoms with Crippen LogP contribution in [0.25, 0.3) is 16.6 Å². The van der Waals surface area contributed by atoms with Gasteiger partial charge in [-0.3, -0.25) is 0 Å². The number of rotatable bonds is 1. The molecule has 4 aliphatic carbocycles. The molecule has 4 heteroatoms. The fourth-order valence-corrected chi connectivity index (χ4v) is 17.1. The Bertz CT molecular complexity index is 3050. The van der Waals surface area contributed by atoms with E-state index in [4.69, 9.17) is 0 Å². The van der Waals surface area contributed by atoms with Crippen LogP contribution in [-0.2, 0) is 21.7 Å². The maximum absolute atomic E-state index is 2.95. The summed E-state index contributed by atoms with van der Waals surface area (Å²) in [6.45, 7) is 17.8. The number of allylic oxidation sites excluding steroid dienone is 1. The first kappa shape index (κ1) is 37.4. The van der Waals surface area contributed by atoms with Crippen LogP contribution in [-0.4, -0.2) is 17.8 Å². The van der Waals surface area contributed by atoms with E-state index in [1.165, 1.54) is 139 Å². The van der Waals surface area contributed by atoms with Gasteiger partial charge in [-0.25, -0.2) is 0 Å². The molecule has 0 bridgehead atoms. The second-order valence-electron chi connectivity index (χ2n) is 22.6. The van der Waals surface area contributed by atoms with Crippen LogP contribution in [0.4, 0.5) is 22.7 Å². The summed E-state index contributed by atoms with van der Waals surface area (Å²) in [6.07, 6.45) is 10.00. The summed E-state index contributed by atoms with van der Waals surface area (Å²) in [7, 11) is 0. The molecule has 0 aromatic heterocycles. The molecule has 4 unspecified atom stereocenters. The zero-order valence-corrected chi connectivity index (χ0v) is 38.9. The van der Waals surface area contributed by atoms with Crippen LogP contribution in [0, 0.1) is 0 Å². The normalized spacial score (nSPS) is 28.2. The van der Waals surface area contributed by atoms with Gasteiger partial charge in [0.1, 0.15) is 0 Å². The highest BCUT2D eigenvalue weighted by molar-refractivity contribution is 8.04. The van der Waals surface area contributed by atoms with Gasteiger partial charge in [0.05, 0.1) is 16.5 Å². The Morgan fingerprint density at radius 3 is 1.78 bits per heavy atom. The summed E-state index contributed by atoms with van der Waals surface area (Å²) in [5, 5.41) is 0. The molecule has 0 saturated heterocycles. The van der Waals surface area contributed by atoms with Crippen molar-refractivity contribution in [2.75, 3.05) is 9.80 Å². The van der Waals surface area contributed by atoms with Gasteiger partial charge in [-0.2, -0.15) is 0 Å². The summed E-state index contributed by atoms with van der Waals surface area (Å²) in [5.74, 6) is 0. The van der Waals surface area contributed by atoms with E-state index in [0.717, 1.165) is 0 Å². The molecule has 2 saturated carbocycles. The quantitative estimate of drug-likeness (QED) is 0.152. The first-order chi connectivity index (χ1) is 30.4. The van der Waals surface area contributed by atoms with E-state index < -0.39 is 0 Å². The average molecular weight is 837 g/mol. The van der Waals surface area contributed by atoms with E-state index in [1.807, 2.05) is 0 Å². The lowest BCUT2D eigenvalue weighted by Gasteiger charge is -2.53. The van der Waals surface area contributed by atoms with E-state index in [-0.39, 0.29) is 39.5 Å². The van der Waals surface area contributed by atoms with Crippen molar-refractivity contribution >= 4 is 57.6 Å². The molecular formula is C59H57BN2S. The first-order valence-corrected chi connectivity index (χ1v) is 25.0. The van der Waals surface area contributed by atoms with Crippen LogP contribution in [0.15, 0.2) is 131 Å². The molecule has 4 heterocycles. The van der Waals surface area contributed by atoms with Crippen LogP contribution in [0.5, 0.6) is 0 Å². The molecule has 1 spiro atoms. The highest BCUT2D eigenvalue weighted by Crippen LogP contribution is 2.70. The third-order valence-electron chi connectivity index (χ3n) is 19.0. The molecular weight excluding hydrogens is 780 g/mol. The van der Waals surface area contributed by atoms with E-state index in [0.29, 0.717) is 0 Å². The van der Waals surface area contributed by atoms with Crippen LogP contribution in [0.2, 0.25) is 0 Å². The maximum atomic E-state index is 2.95. The van der Waals surface area contributed by atoms with Crippen molar-refractivity contribution in [2.45, 2.75) is 137 Å². The minimum Gasteiger partial charge on any atom is -0.335 e. The van der Waals surface area contributed by atoms with Crippen molar-refractivity contribution in [1.82, 2.24) is 0 Å². The Kier molecular flexibility index (Phi) is 7.04. The third kappa shape index (κ3) is 4.12. The number of hydrogen-bond acceptors (Lipinski definition) is 3. The smallest absolute Gasteiger partial charge is 0.250 e. The Morgan fingerprint density at radius 1 is 0.540 bits per heavy atom. The standard InChI is InChI=1S/C59H57BN2S/c1-54(2,3)36-27-28-47-45(33-36)56(5)30-15-16-31-57(56,6)61(47)37-34-48-51-49(35-37)63-53-50(60(51)46-26-18-25-44-52(46)62(48)58(7)32-17-14-29-55(44,58)4)40-21-10-13-24-43(40)59(53)41-22-11-8-19-38(41)39-20-9-12-23-42(39)59/h8-13,18-28,33-35H,14-17,29-32H2,1-7H3. The molecule has 4 atom stereocenters. The van der Waals surface area contributed by atoms with Gasteiger partial charge in [-0.05, 0) is 130 Å². The van der Waals surface area contributed by atoms with Crippen LogP contribution >= 0.6 is 11.8 Å². The molecule has 63 heavy (non-hydrogen) atoms. The van der Waals surface area contributed by atoms with Gasteiger partial charge in [0, 0.05) is 43.4 Å². The van der Waals surface area contributed by atoms with E-state index in [9.17, 15) is 0 Å². The van der Waals surface area contributed by atoms with Gasteiger partial charge in [-0.15, -0.1) is 0 Å². The van der Waals surface area contributed by atoms with Gasteiger partial charge in [0.2, 0.25) is 6.71 Å². The number of benzene rings is 6. The topological polar surface area (TPSA) is 6.48 Å². The molecule has 6 aromatic carbocycles. The zero-order chi connectivity index (χ0) is 42.6. The minimum atomic E-state index is -0.379. The number of fused-ring (bicyclic) bond motifs is 18. The first-order valence-electron chi connectivity index (χ1n) is 24.1. The predicted molar refractivity (Wildman–Crippen MR) is 267 cm³/mol. The Hall–Kier alpha value is -4.93. The number of para-hydroxylation sites is 1. The van der Waals surface area contributed by atoms with Crippen LogP contribution in [0.3, 0.4) is 0 Å². The molecule has 0 N–H and O–H groups in total. The summed E-state index contributed by atoms with van der Waals surface area (Å²) in [6, 6.07) is 48.7. The second kappa shape index (κ2) is 11.8. The molecule has 312 valence electrons. The summed E-state index contributed by atoms with van der Waals surface area (Å²) < 4.78 is 0. The fourth-order valence-electron chi connectivity index (χ4n) is 15.5. The zero-order valence-electron chi connectivity index (χ0n) is 38.1. The largest absolute Gasteiger partial charge is 0.335 e. The molecule has 8 aliphatic rings. The number of thioether (sulfide) groups is 1. The summed E-state index contributed by atoms with van der Waals surface area (Å²) >= 11 is 2.12. The summed E-state index contributed by atoms with van der Waals surface area (Å²) in [5.41, 5.74) is 23.2. The van der Waals surface area contributed by atoms with E-state index in [2.05, 4.69) is 191 Å². The molecule has 2 fully saturated rings. The molecule has 2 nitrogen and oxygen atoms in total. The van der Waals surface area contributed by atoms with E-state index in [1.54, 1.807) is 11.1 Å². The highest BCUT2D eigenvalue weighted by atomic mass is 32.2. The fraction of sp³-hybridized carbons (Fsp3) is 0.356. The molecule has 0 radical (unpaired) electrons. The van der Waals surface area contributed by atoms with Gasteiger partial charge in [0.15, 0.2) is 0 Å². The molecule has 14 rings (SSSR count). The Labute approximate surface area is 379 Å². The van der Waals surface area contributed by atoms with Gasteiger partial charge in [0.25, 0.3) is 0 Å². The third-order valence-corrected chi connectivity index (χ3v) is 20.3. The van der Waals surface area contributed by atoms with Crippen LogP contribution in [0.1, 0.15) is 139 Å². The molecule has 0 amide bonds. The number of nitrogens with zero attached hydrogens (tertiary/aromatic N) is 2. The van der Waals surface area contributed by atoms with Gasteiger partial charge >= 0.3 is 0 Å². The lowest BCUT2D eigenvalue weighted by atomic mass is 9.33. The van der Waals surface area contributed by atoms with E-state index >= 15 is 0 Å². The number of hydrogen-bond donors (Lipinski definition) is 0. The highest BCUT2D eigenvalue weighted by Gasteiger charge is 2.64. The Morgan fingerprint density at radius 2 is 1.11 bits per heavy atom. The van der Waals surface area contributed by atoms with Crippen molar-refractivity contribution in [3.05, 3.63) is 165 Å². The van der Waals surface area contributed by atoms with Gasteiger partial charge < -0.3 is 9.80 Å². The van der Waals surface area contributed by atoms with Crippen molar-refractivity contribution in [3.8, 4) is 11.1 Å². The van der Waals surface area contributed by atoms with Crippen molar-refractivity contribution in [1.29, 1.82) is 0 Å². The van der Waals surface area contributed by atoms with Crippen LogP contribution < -0.4 is 20.7 Å². The molecule has 4 aliphatic heterocycles. The lowest BCUT2D eigenvalue weighted by molar-refractivity contribution is 0.194. The SMILES string of the molecule is CC(C)(C)c1ccc2c(c1)C1(C)CCCCC1(C)N2c1cc2c3c(c1)N1c4c(cccc4C4(C)CCCCC14C)B3C1=C(S2)C2(c3ccccc31)c1ccccc1-c1ccccc12. The minimum absolute atomic E-state index is 0.0215. The second-order valence-corrected chi connectivity index (χ2v) is 23.6. The van der Waals surface area contributed by atoms with Crippen molar-refractivity contribution < 1.29 is 0 Å². The van der Waals surface area contributed by atoms with Crippen molar-refractivity contribution in [3.63, 3.8) is 0 Å². The average Bonchev–Trinajstić information content (AvgIpc) is 3.90. The predicted octanol–water partition coefficient (Wildman–Crippen LogP) is 13.8. The lowest BCUT2D eigenvalue weighted by Crippen LogP contribution is -2.60. The Balaban J connectivity index is 1.10. The van der Waals surface area contributed by atoms with Gasteiger partial charge in [-0.1, -0.05) is 175 Å². The van der Waals surface area contributed by atoms with Crippen molar-refractivity contribution in [2.24, 2.45) is 0 Å². The molecule has 6 aromatic rings. The summed E-state index contributed by atoms with van der Waals surface area (Å²) in [4.78, 5) is 8.79. The number of anilines is 4. The maximum Gasteiger partial charge on any atom is 0.250 e.